The zero-order valence-electron chi connectivity index (χ0n) is 7.18. The van der Waals surface area contributed by atoms with Crippen LogP contribution in [-0.4, -0.2) is 12.5 Å². The first-order valence-corrected chi connectivity index (χ1v) is 4.53. The van der Waals surface area contributed by atoms with Gasteiger partial charge in [0.2, 0.25) is 5.91 Å². The summed E-state index contributed by atoms with van der Waals surface area (Å²) in [5.74, 6) is -0.577. The smallest absolute Gasteiger partial charge is 0.235 e. The molecule has 1 aliphatic heterocycles. The molecule has 2 N–H and O–H groups in total. The lowest BCUT2D eigenvalue weighted by molar-refractivity contribution is -0.118. The van der Waals surface area contributed by atoms with Gasteiger partial charge in [-0.25, -0.2) is 4.39 Å². The topological polar surface area (TPSA) is 41.1 Å². The first kappa shape index (κ1) is 9.43. The average molecular weight is 215 g/mol. The predicted octanol–water partition coefficient (Wildman–Crippen LogP) is 1.20. The van der Waals surface area contributed by atoms with Crippen LogP contribution in [0.5, 0.6) is 0 Å². The molecule has 1 heterocycles. The van der Waals surface area contributed by atoms with Gasteiger partial charge in [0, 0.05) is 5.56 Å². The maximum atomic E-state index is 13.4. The van der Waals surface area contributed by atoms with Crippen molar-refractivity contribution in [3.8, 4) is 0 Å². The van der Waals surface area contributed by atoms with Gasteiger partial charge in [-0.15, -0.1) is 0 Å². The number of carbonyl (C=O) groups is 1. The molecule has 3 nitrogen and oxygen atoms in total. The van der Waals surface area contributed by atoms with Crippen molar-refractivity contribution in [2.45, 2.75) is 6.17 Å². The molecule has 5 heteroatoms. The van der Waals surface area contributed by atoms with Gasteiger partial charge in [0.25, 0.3) is 0 Å². The van der Waals surface area contributed by atoms with Crippen LogP contribution in [0.4, 0.5) is 4.39 Å². The Kier molecular flexibility index (Phi) is 2.39. The molecule has 1 atom stereocenters. The number of hydrogen-bond donors (Lipinski definition) is 2. The summed E-state index contributed by atoms with van der Waals surface area (Å²) in [6, 6.07) is 4.43. The van der Waals surface area contributed by atoms with Gasteiger partial charge in [-0.05, 0) is 12.1 Å². The van der Waals surface area contributed by atoms with Crippen molar-refractivity contribution in [1.82, 2.24) is 10.6 Å². The molecule has 0 aliphatic carbocycles. The highest BCUT2D eigenvalue weighted by Crippen LogP contribution is 2.25. The Morgan fingerprint density at radius 3 is 2.86 bits per heavy atom. The van der Waals surface area contributed by atoms with Crippen molar-refractivity contribution in [2.75, 3.05) is 6.54 Å². The summed E-state index contributed by atoms with van der Waals surface area (Å²) in [6.07, 6.45) is -0.517. The molecule has 0 radical (unpaired) electrons. The highest BCUT2D eigenvalue weighted by atomic mass is 35.5. The molecular weight excluding hydrogens is 207 g/mol. The lowest BCUT2D eigenvalue weighted by Gasteiger charge is -2.13. The van der Waals surface area contributed by atoms with Crippen LogP contribution >= 0.6 is 11.6 Å². The van der Waals surface area contributed by atoms with E-state index in [9.17, 15) is 9.18 Å². The van der Waals surface area contributed by atoms with E-state index >= 15 is 0 Å². The van der Waals surface area contributed by atoms with Crippen molar-refractivity contribution >= 4 is 17.5 Å². The second-order valence-electron chi connectivity index (χ2n) is 3.02. The number of hydrogen-bond acceptors (Lipinski definition) is 2. The quantitative estimate of drug-likeness (QED) is 0.738. The highest BCUT2D eigenvalue weighted by molar-refractivity contribution is 6.31. The molecule has 0 saturated carbocycles. The number of benzene rings is 1. The summed E-state index contributed by atoms with van der Waals surface area (Å²) in [6.45, 7) is 0.190. The summed E-state index contributed by atoms with van der Waals surface area (Å²) >= 11 is 5.83. The molecule has 1 saturated heterocycles. The minimum Gasteiger partial charge on any atom is -0.335 e. The average Bonchev–Trinajstić information content (AvgIpc) is 2.51. The molecule has 0 bridgehead atoms. The van der Waals surface area contributed by atoms with Crippen molar-refractivity contribution in [3.63, 3.8) is 0 Å². The molecule has 1 aromatic carbocycles. The van der Waals surface area contributed by atoms with Gasteiger partial charge in [0.1, 0.15) is 12.0 Å². The van der Waals surface area contributed by atoms with E-state index in [0.29, 0.717) is 10.6 Å². The summed E-state index contributed by atoms with van der Waals surface area (Å²) < 4.78 is 13.4. The van der Waals surface area contributed by atoms with E-state index in [2.05, 4.69) is 10.6 Å². The first-order valence-electron chi connectivity index (χ1n) is 4.15. The molecule has 2 rings (SSSR count). The number of amides is 1. The van der Waals surface area contributed by atoms with Gasteiger partial charge in [0.15, 0.2) is 0 Å². The third-order valence-corrected chi connectivity index (χ3v) is 2.39. The number of rotatable bonds is 1. The molecule has 1 unspecified atom stereocenters. The number of carbonyl (C=O) groups excluding carboxylic acids is 1. The van der Waals surface area contributed by atoms with Gasteiger partial charge in [-0.1, -0.05) is 17.7 Å². The van der Waals surface area contributed by atoms with Crippen molar-refractivity contribution in [2.24, 2.45) is 0 Å². The van der Waals surface area contributed by atoms with E-state index in [4.69, 9.17) is 11.6 Å². The Morgan fingerprint density at radius 2 is 2.29 bits per heavy atom. The predicted molar refractivity (Wildman–Crippen MR) is 50.3 cm³/mol. The van der Waals surface area contributed by atoms with Crippen LogP contribution in [0.1, 0.15) is 11.7 Å². The van der Waals surface area contributed by atoms with Gasteiger partial charge in [-0.3, -0.25) is 10.1 Å². The molecule has 14 heavy (non-hydrogen) atoms. The minimum atomic E-state index is -0.517. The minimum absolute atomic E-state index is 0.158. The van der Waals surface area contributed by atoms with Gasteiger partial charge >= 0.3 is 0 Å². The van der Waals surface area contributed by atoms with E-state index in [1.165, 1.54) is 12.1 Å². The third-order valence-electron chi connectivity index (χ3n) is 2.06. The standard InChI is InChI=1S/C9H8ClFN2O/c10-5-2-1-3-6(11)8(5)9-12-4-7(14)13-9/h1-3,9,12H,4H2,(H,13,14). The van der Waals surface area contributed by atoms with Crippen LogP contribution in [-0.2, 0) is 4.79 Å². The van der Waals surface area contributed by atoms with Gasteiger partial charge < -0.3 is 5.32 Å². The van der Waals surface area contributed by atoms with Crippen LogP contribution in [0.25, 0.3) is 0 Å². The maximum absolute atomic E-state index is 13.4. The van der Waals surface area contributed by atoms with E-state index in [0.717, 1.165) is 0 Å². The van der Waals surface area contributed by atoms with Crippen LogP contribution in [0.15, 0.2) is 18.2 Å². The summed E-state index contributed by atoms with van der Waals surface area (Å²) in [4.78, 5) is 10.9. The lowest BCUT2D eigenvalue weighted by atomic mass is 10.1. The molecule has 0 spiro atoms. The summed E-state index contributed by atoms with van der Waals surface area (Å²) in [5.41, 5.74) is 0.292. The summed E-state index contributed by atoms with van der Waals surface area (Å²) in [7, 11) is 0. The fourth-order valence-electron chi connectivity index (χ4n) is 1.42. The van der Waals surface area contributed by atoms with Crippen LogP contribution in [0.2, 0.25) is 5.02 Å². The fraction of sp³-hybridized carbons (Fsp3) is 0.222. The maximum Gasteiger partial charge on any atom is 0.235 e. The Bertz CT molecular complexity index is 363. The Balaban J connectivity index is 2.36. The first-order chi connectivity index (χ1) is 6.68. The second-order valence-corrected chi connectivity index (χ2v) is 3.42. The zero-order valence-corrected chi connectivity index (χ0v) is 7.94. The molecule has 1 amide bonds. The normalized spacial score (nSPS) is 21.0. The van der Waals surface area contributed by atoms with E-state index in [1.807, 2.05) is 0 Å². The van der Waals surface area contributed by atoms with Crippen LogP contribution in [0.3, 0.4) is 0 Å². The Labute approximate surface area is 85.3 Å². The van der Waals surface area contributed by atoms with Crippen molar-refractivity contribution in [3.05, 3.63) is 34.6 Å². The largest absolute Gasteiger partial charge is 0.335 e. The van der Waals surface area contributed by atoms with Crippen molar-refractivity contribution in [1.29, 1.82) is 0 Å². The Morgan fingerprint density at radius 1 is 1.50 bits per heavy atom. The van der Waals surface area contributed by atoms with E-state index in [-0.39, 0.29) is 12.5 Å². The fourth-order valence-corrected chi connectivity index (χ4v) is 1.69. The SMILES string of the molecule is O=C1CNC(c2c(F)cccc2Cl)N1. The van der Waals surface area contributed by atoms with Crippen LogP contribution in [0, 0.1) is 5.82 Å². The zero-order chi connectivity index (χ0) is 10.1. The van der Waals surface area contributed by atoms with Gasteiger partial charge in [0.05, 0.1) is 11.6 Å². The molecule has 1 fully saturated rings. The van der Waals surface area contributed by atoms with E-state index in [1.54, 1.807) is 6.07 Å². The highest BCUT2D eigenvalue weighted by Gasteiger charge is 2.25. The molecular formula is C9H8ClFN2O. The second kappa shape index (κ2) is 3.55. The number of nitrogens with one attached hydrogen (secondary N) is 2. The Hall–Kier alpha value is -1.13. The van der Waals surface area contributed by atoms with Crippen LogP contribution < -0.4 is 10.6 Å². The molecule has 0 aromatic heterocycles. The van der Waals surface area contributed by atoms with E-state index < -0.39 is 12.0 Å². The molecule has 1 aliphatic rings. The molecule has 74 valence electrons. The molecule has 1 aromatic rings. The summed E-state index contributed by atoms with van der Waals surface area (Å²) in [5, 5.41) is 5.71. The lowest BCUT2D eigenvalue weighted by Crippen LogP contribution is -2.24. The monoisotopic (exact) mass is 214 g/mol. The number of halogens is 2. The van der Waals surface area contributed by atoms with Crippen molar-refractivity contribution < 1.29 is 9.18 Å². The third kappa shape index (κ3) is 1.58. The van der Waals surface area contributed by atoms with Gasteiger partial charge in [-0.2, -0.15) is 0 Å².